The summed E-state index contributed by atoms with van der Waals surface area (Å²) >= 11 is 0. The van der Waals surface area contributed by atoms with Crippen LogP contribution in [0.4, 0.5) is 13.2 Å². The highest BCUT2D eigenvalue weighted by molar-refractivity contribution is 5.96. The van der Waals surface area contributed by atoms with Gasteiger partial charge in [0, 0.05) is 12.6 Å². The van der Waals surface area contributed by atoms with Crippen LogP contribution < -0.4 is 5.32 Å². The van der Waals surface area contributed by atoms with Crippen molar-refractivity contribution in [1.82, 2.24) is 15.1 Å². The first kappa shape index (κ1) is 21.2. The van der Waals surface area contributed by atoms with Crippen molar-refractivity contribution in [3.8, 4) is 0 Å². The molecule has 28 heavy (non-hydrogen) atoms. The second kappa shape index (κ2) is 9.20. The Morgan fingerprint density at radius 2 is 2.04 bits per heavy atom. The molecule has 0 radical (unpaired) electrons. The van der Waals surface area contributed by atoms with Gasteiger partial charge in [0.15, 0.2) is 0 Å². The summed E-state index contributed by atoms with van der Waals surface area (Å²) in [5, 5.41) is 6.15. The lowest BCUT2D eigenvalue weighted by Crippen LogP contribution is -2.31. The Morgan fingerprint density at radius 3 is 2.57 bits per heavy atom. The van der Waals surface area contributed by atoms with E-state index in [9.17, 15) is 18.0 Å². The van der Waals surface area contributed by atoms with Gasteiger partial charge in [-0.3, -0.25) is 9.48 Å². The number of alkyl halides is 2. The number of methoxy groups -OCH3 is 1. The number of hydrogen-bond donors (Lipinski definition) is 1. The van der Waals surface area contributed by atoms with Crippen LogP contribution in [0.3, 0.4) is 0 Å². The molecule has 0 aliphatic carbocycles. The number of carbonyl (C=O) groups excluding carboxylic acids is 1. The fourth-order valence-electron chi connectivity index (χ4n) is 2.44. The van der Waals surface area contributed by atoms with Crippen molar-refractivity contribution in [1.29, 1.82) is 0 Å². The van der Waals surface area contributed by atoms with Gasteiger partial charge in [0.1, 0.15) is 17.2 Å². The lowest BCUT2D eigenvalue weighted by molar-refractivity contribution is 0.0948. The van der Waals surface area contributed by atoms with Gasteiger partial charge >= 0.3 is 0 Å². The lowest BCUT2D eigenvalue weighted by atomic mass is 10.1. The van der Waals surface area contributed by atoms with E-state index in [4.69, 9.17) is 4.74 Å². The van der Waals surface area contributed by atoms with E-state index < -0.39 is 23.8 Å². The lowest BCUT2D eigenvalue weighted by Gasteiger charge is -2.11. The van der Waals surface area contributed by atoms with Crippen molar-refractivity contribution in [3.63, 3.8) is 0 Å². The first-order valence-electron chi connectivity index (χ1n) is 8.38. The third-order valence-corrected chi connectivity index (χ3v) is 3.80. The molecule has 0 fully saturated rings. The molecule has 1 N–H and O–H groups in total. The number of carbonyl (C=O) groups is 1. The number of nitrogens with one attached hydrogen (secondary N) is 1. The molecule has 1 heterocycles. The van der Waals surface area contributed by atoms with E-state index in [1.165, 1.54) is 26.3 Å². The molecule has 0 aliphatic heterocycles. The smallest absolute Gasteiger partial charge is 0.282 e. The molecule has 6 nitrogen and oxygen atoms in total. The average Bonchev–Trinajstić information content (AvgIpc) is 3.03. The molecule has 1 aromatic carbocycles. The molecular formula is C19H21F3N4O2. The van der Waals surface area contributed by atoms with Crippen molar-refractivity contribution in [2.75, 3.05) is 13.7 Å². The van der Waals surface area contributed by atoms with Crippen molar-refractivity contribution >= 4 is 17.5 Å². The van der Waals surface area contributed by atoms with Crippen molar-refractivity contribution in [2.45, 2.75) is 20.3 Å². The second-order valence-corrected chi connectivity index (χ2v) is 6.13. The number of ether oxygens (including phenoxy) is 1. The van der Waals surface area contributed by atoms with E-state index in [0.29, 0.717) is 11.3 Å². The van der Waals surface area contributed by atoms with Gasteiger partial charge in [-0.25, -0.2) is 18.2 Å². The van der Waals surface area contributed by atoms with Crippen LogP contribution in [-0.4, -0.2) is 35.2 Å². The number of rotatable bonds is 6. The molecule has 0 unspecified atom stereocenters. The minimum atomic E-state index is -2.77. The Kier molecular flexibility index (Phi) is 6.97. The van der Waals surface area contributed by atoms with E-state index in [1.807, 2.05) is 13.8 Å². The summed E-state index contributed by atoms with van der Waals surface area (Å²) in [5.41, 5.74) is 1.39. The van der Waals surface area contributed by atoms with Crippen LogP contribution in [-0.2, 0) is 11.8 Å². The number of aliphatic imine (C=N–C) groups is 1. The number of amides is 1. The maximum absolute atomic E-state index is 13.5. The Morgan fingerprint density at radius 1 is 1.32 bits per heavy atom. The Labute approximate surface area is 160 Å². The van der Waals surface area contributed by atoms with Crippen LogP contribution in [0, 0.1) is 5.82 Å². The average molecular weight is 394 g/mol. The monoisotopic (exact) mass is 394 g/mol. The number of allylic oxidation sites excluding steroid dienone is 1. The van der Waals surface area contributed by atoms with E-state index >= 15 is 0 Å². The molecule has 1 aromatic heterocycles. The van der Waals surface area contributed by atoms with E-state index in [-0.39, 0.29) is 18.1 Å². The van der Waals surface area contributed by atoms with Gasteiger partial charge < -0.3 is 10.1 Å². The van der Waals surface area contributed by atoms with Crippen molar-refractivity contribution in [2.24, 2.45) is 12.0 Å². The SMILES string of the molecule is CO/C(CNC(=O)c1cc(C(F)F)nn1C)=N\C(=C(C)C)c1cccc(F)c1. The summed E-state index contributed by atoms with van der Waals surface area (Å²) in [6.07, 6.45) is -2.77. The second-order valence-electron chi connectivity index (χ2n) is 6.13. The Hall–Kier alpha value is -3.10. The minimum Gasteiger partial charge on any atom is -0.483 e. The van der Waals surface area contributed by atoms with E-state index in [1.54, 1.807) is 12.1 Å². The Bertz CT molecular complexity index is 916. The maximum atomic E-state index is 13.5. The van der Waals surface area contributed by atoms with Gasteiger partial charge in [-0.15, -0.1) is 0 Å². The minimum absolute atomic E-state index is 0.0154. The van der Waals surface area contributed by atoms with Gasteiger partial charge in [0.05, 0.1) is 19.4 Å². The maximum Gasteiger partial charge on any atom is 0.282 e. The van der Waals surface area contributed by atoms with Crippen molar-refractivity contribution in [3.05, 3.63) is 58.7 Å². The largest absolute Gasteiger partial charge is 0.483 e. The predicted octanol–water partition coefficient (Wildman–Crippen LogP) is 3.72. The van der Waals surface area contributed by atoms with Crippen LogP contribution >= 0.6 is 0 Å². The first-order chi connectivity index (χ1) is 13.2. The Balaban J connectivity index is 2.18. The van der Waals surface area contributed by atoms with Gasteiger partial charge in [0.2, 0.25) is 5.90 Å². The summed E-state index contributed by atoms with van der Waals surface area (Å²) in [6.45, 7) is 3.55. The van der Waals surface area contributed by atoms with Gasteiger partial charge in [-0.2, -0.15) is 5.10 Å². The van der Waals surface area contributed by atoms with Crippen LogP contribution in [0.1, 0.15) is 42.0 Å². The van der Waals surface area contributed by atoms with E-state index in [0.717, 1.165) is 16.3 Å². The molecule has 0 aliphatic rings. The van der Waals surface area contributed by atoms with Crippen LogP contribution in [0.15, 0.2) is 40.9 Å². The van der Waals surface area contributed by atoms with Crippen LogP contribution in [0.25, 0.3) is 5.70 Å². The summed E-state index contributed by atoms with van der Waals surface area (Å²) in [4.78, 5) is 16.6. The topological polar surface area (TPSA) is 68.5 Å². The number of benzene rings is 1. The number of hydrogen-bond acceptors (Lipinski definition) is 4. The summed E-state index contributed by atoms with van der Waals surface area (Å²) in [7, 11) is 2.79. The number of halogens is 3. The highest BCUT2D eigenvalue weighted by Crippen LogP contribution is 2.21. The van der Waals surface area contributed by atoms with Gasteiger partial charge in [0.25, 0.3) is 12.3 Å². The zero-order valence-electron chi connectivity index (χ0n) is 16.0. The molecule has 150 valence electrons. The van der Waals surface area contributed by atoms with Crippen LogP contribution in [0.5, 0.6) is 0 Å². The highest BCUT2D eigenvalue weighted by Gasteiger charge is 2.19. The quantitative estimate of drug-likeness (QED) is 0.600. The summed E-state index contributed by atoms with van der Waals surface area (Å²) < 4.78 is 45.3. The number of aromatic nitrogens is 2. The zero-order valence-corrected chi connectivity index (χ0v) is 16.0. The normalized spacial score (nSPS) is 11.5. The van der Waals surface area contributed by atoms with E-state index in [2.05, 4.69) is 15.4 Å². The van der Waals surface area contributed by atoms with Crippen LogP contribution in [0.2, 0.25) is 0 Å². The molecule has 0 bridgehead atoms. The van der Waals surface area contributed by atoms with Gasteiger partial charge in [-0.05, 0) is 37.6 Å². The fraction of sp³-hybridized carbons (Fsp3) is 0.316. The number of nitrogens with zero attached hydrogens (tertiary/aromatic N) is 3. The molecule has 2 rings (SSSR count). The fourth-order valence-corrected chi connectivity index (χ4v) is 2.44. The first-order valence-corrected chi connectivity index (χ1v) is 8.38. The van der Waals surface area contributed by atoms with Gasteiger partial charge in [-0.1, -0.05) is 12.1 Å². The standard InChI is InChI=1S/C19H21F3N4O2/c1-11(2)17(12-6-5-7-13(20)8-12)24-16(28-4)10-23-19(27)15-9-14(18(21)22)25-26(15)3/h5-9,18H,10H2,1-4H3,(H,23,27)/b24-16-. The molecule has 0 saturated heterocycles. The molecule has 0 atom stereocenters. The van der Waals surface area contributed by atoms with Crippen molar-refractivity contribution < 1.29 is 22.7 Å². The molecular weight excluding hydrogens is 373 g/mol. The highest BCUT2D eigenvalue weighted by atomic mass is 19.3. The molecule has 1 amide bonds. The third kappa shape index (κ3) is 5.21. The zero-order chi connectivity index (χ0) is 20.8. The molecule has 9 heteroatoms. The summed E-state index contributed by atoms with van der Waals surface area (Å²) in [5.74, 6) is -0.828. The molecule has 0 spiro atoms. The molecule has 2 aromatic rings. The summed E-state index contributed by atoms with van der Waals surface area (Å²) in [6, 6.07) is 6.98. The molecule has 0 saturated carbocycles. The third-order valence-electron chi connectivity index (χ3n) is 3.80. The number of aryl methyl sites for hydroxylation is 1. The predicted molar refractivity (Wildman–Crippen MR) is 99.6 cm³/mol.